The second-order valence-corrected chi connectivity index (χ2v) is 8.12. The zero-order valence-electron chi connectivity index (χ0n) is 13.9. The summed E-state index contributed by atoms with van der Waals surface area (Å²) in [6.45, 7) is 0.257. The third-order valence-electron chi connectivity index (χ3n) is 4.10. The van der Waals surface area contributed by atoms with E-state index in [1.54, 1.807) is 24.4 Å². The van der Waals surface area contributed by atoms with Crippen LogP contribution >= 0.6 is 0 Å². The third-order valence-corrected chi connectivity index (χ3v) is 5.23. The molecule has 0 bridgehead atoms. The second kappa shape index (κ2) is 6.33. The fourth-order valence-corrected chi connectivity index (χ4v) is 3.41. The highest BCUT2D eigenvalue weighted by Crippen LogP contribution is 2.15. The van der Waals surface area contributed by atoms with E-state index in [9.17, 15) is 18.0 Å². The van der Waals surface area contributed by atoms with Gasteiger partial charge in [0.25, 0.3) is 5.56 Å². The zero-order valence-corrected chi connectivity index (χ0v) is 14.7. The first-order valence-corrected chi connectivity index (χ1v) is 9.57. The molecule has 3 rings (SSSR count). The summed E-state index contributed by atoms with van der Waals surface area (Å²) in [5.74, 6) is 0. The summed E-state index contributed by atoms with van der Waals surface area (Å²) in [4.78, 5) is 24.3. The maximum absolute atomic E-state index is 12.7. The molecule has 0 N–H and O–H groups in total. The maximum atomic E-state index is 12.7. The van der Waals surface area contributed by atoms with Gasteiger partial charge in [0.2, 0.25) is 0 Å². The van der Waals surface area contributed by atoms with E-state index in [2.05, 4.69) is 0 Å². The average molecular weight is 353 g/mol. The first kappa shape index (κ1) is 17.2. The smallest absolute Gasteiger partial charge is 0.258 e. The van der Waals surface area contributed by atoms with Gasteiger partial charge in [-0.3, -0.25) is 9.59 Å². The van der Waals surface area contributed by atoms with Gasteiger partial charge in [0, 0.05) is 23.4 Å². The Morgan fingerprint density at radius 1 is 1.08 bits per heavy atom. The van der Waals surface area contributed by atoms with E-state index in [-0.39, 0.29) is 17.0 Å². The highest BCUT2D eigenvalue weighted by atomic mass is 32.2. The summed E-state index contributed by atoms with van der Waals surface area (Å²) in [6.07, 6.45) is 3.43. The Morgan fingerprint density at radius 2 is 1.76 bits per heavy atom. The van der Waals surface area contributed by atoms with Crippen LogP contribution in [0.5, 0.6) is 0 Å². The van der Waals surface area contributed by atoms with Gasteiger partial charge in [-0.25, -0.2) is 8.42 Å². The number of nitrogens with zero attached hydrogens (tertiary/aromatic N) is 1. The summed E-state index contributed by atoms with van der Waals surface area (Å²) in [7, 11) is -1.35. The number of benzene rings is 2. The van der Waals surface area contributed by atoms with E-state index in [4.69, 9.17) is 0 Å². The molecule has 0 aliphatic rings. The molecule has 0 radical (unpaired) electrons. The van der Waals surface area contributed by atoms with Gasteiger partial charge in [-0.2, -0.15) is 0 Å². The molecule has 7 heteroatoms. The van der Waals surface area contributed by atoms with Crippen LogP contribution in [0.25, 0.3) is 10.8 Å². The van der Waals surface area contributed by atoms with Crippen molar-refractivity contribution in [1.29, 1.82) is 0 Å². The Morgan fingerprint density at radius 3 is 2.36 bits per heavy atom. The van der Waals surface area contributed by atoms with Crippen LogP contribution in [0.15, 0.2) is 58.4 Å². The van der Waals surface area contributed by atoms with E-state index >= 15 is 0 Å². The standard InChI is InChI=1S/C18H16BNO4S/c1-25(23,24)15-5-2-12(3-6-15)9-20-10-13(11-21)17-8-14(19)4-7-16(17)18(20)22/h2-8,10-11H,9,19H2,1H3. The van der Waals surface area contributed by atoms with Crippen molar-refractivity contribution in [3.05, 3.63) is 70.1 Å². The topological polar surface area (TPSA) is 73.2 Å². The number of carbonyl (C=O) groups is 1. The predicted octanol–water partition coefficient (Wildman–Crippen LogP) is 0.524. The molecule has 0 atom stereocenters. The van der Waals surface area contributed by atoms with E-state index in [0.717, 1.165) is 23.6 Å². The number of carbonyl (C=O) groups excluding carboxylic acids is 1. The SMILES string of the molecule is Bc1ccc2c(=O)n(Cc3ccc(S(C)(=O)=O)cc3)cc(C=O)c2c1. The summed E-state index contributed by atoms with van der Waals surface area (Å²) in [6, 6.07) is 11.8. The number of sulfone groups is 1. The van der Waals surface area contributed by atoms with Gasteiger partial charge in [0.15, 0.2) is 16.1 Å². The summed E-state index contributed by atoms with van der Waals surface area (Å²) >= 11 is 0. The predicted molar refractivity (Wildman–Crippen MR) is 100 cm³/mol. The number of pyridine rings is 1. The Labute approximate surface area is 146 Å². The van der Waals surface area contributed by atoms with Crippen molar-refractivity contribution in [2.24, 2.45) is 0 Å². The van der Waals surface area contributed by atoms with Crippen LogP contribution in [0.1, 0.15) is 15.9 Å². The van der Waals surface area contributed by atoms with Crippen LogP contribution in [0, 0.1) is 0 Å². The minimum absolute atomic E-state index is 0.187. The number of aldehydes is 1. The number of aromatic nitrogens is 1. The number of rotatable bonds is 4. The first-order valence-electron chi connectivity index (χ1n) is 7.67. The van der Waals surface area contributed by atoms with Crippen LogP contribution in [-0.2, 0) is 16.4 Å². The van der Waals surface area contributed by atoms with Crippen molar-refractivity contribution < 1.29 is 13.2 Å². The van der Waals surface area contributed by atoms with Crippen molar-refractivity contribution in [3.8, 4) is 0 Å². The van der Waals surface area contributed by atoms with Crippen molar-refractivity contribution >= 4 is 40.2 Å². The van der Waals surface area contributed by atoms with Gasteiger partial charge in [-0.05, 0) is 29.1 Å². The normalized spacial score (nSPS) is 11.6. The van der Waals surface area contributed by atoms with Crippen molar-refractivity contribution in [2.45, 2.75) is 11.4 Å². The van der Waals surface area contributed by atoms with Crippen LogP contribution in [0.2, 0.25) is 0 Å². The van der Waals surface area contributed by atoms with Gasteiger partial charge in [0.1, 0.15) is 7.85 Å². The molecule has 0 aliphatic carbocycles. The highest BCUT2D eigenvalue weighted by molar-refractivity contribution is 7.90. The molecule has 25 heavy (non-hydrogen) atoms. The summed E-state index contributed by atoms with van der Waals surface area (Å²) in [5, 5.41) is 1.13. The number of hydrogen-bond acceptors (Lipinski definition) is 4. The van der Waals surface area contributed by atoms with Crippen LogP contribution in [0.4, 0.5) is 0 Å². The second-order valence-electron chi connectivity index (χ2n) is 6.10. The summed E-state index contributed by atoms with van der Waals surface area (Å²) < 4.78 is 24.5. The van der Waals surface area contributed by atoms with Gasteiger partial charge in [0.05, 0.1) is 11.4 Å². The van der Waals surface area contributed by atoms with Crippen LogP contribution < -0.4 is 11.0 Å². The fraction of sp³-hybridized carbons (Fsp3) is 0.111. The zero-order chi connectivity index (χ0) is 18.2. The van der Waals surface area contributed by atoms with Gasteiger partial charge >= 0.3 is 0 Å². The third kappa shape index (κ3) is 3.41. The Hall–Kier alpha value is -2.67. The number of hydrogen-bond donors (Lipinski definition) is 0. The van der Waals surface area contributed by atoms with Gasteiger partial charge in [-0.1, -0.05) is 29.7 Å². The minimum Gasteiger partial charge on any atom is -0.310 e. The Bertz CT molecular complexity index is 1130. The molecule has 0 saturated carbocycles. The lowest BCUT2D eigenvalue weighted by atomic mass is 9.93. The lowest BCUT2D eigenvalue weighted by Crippen LogP contribution is -2.22. The molecule has 0 aliphatic heterocycles. The molecular weight excluding hydrogens is 337 g/mol. The van der Waals surface area contributed by atoms with Gasteiger partial charge < -0.3 is 4.57 Å². The lowest BCUT2D eigenvalue weighted by Gasteiger charge is -2.11. The molecule has 1 heterocycles. The van der Waals surface area contributed by atoms with Crippen LogP contribution in [-0.4, -0.2) is 33.4 Å². The molecule has 3 aromatic rings. The van der Waals surface area contributed by atoms with E-state index in [1.807, 2.05) is 20.0 Å². The quantitative estimate of drug-likeness (QED) is 0.507. The first-order chi connectivity index (χ1) is 11.8. The monoisotopic (exact) mass is 353 g/mol. The molecule has 2 aromatic carbocycles. The molecule has 126 valence electrons. The molecule has 0 saturated heterocycles. The van der Waals surface area contributed by atoms with Gasteiger partial charge in [-0.15, -0.1) is 0 Å². The van der Waals surface area contributed by atoms with E-state index in [1.165, 1.54) is 16.7 Å². The van der Waals surface area contributed by atoms with E-state index < -0.39 is 9.84 Å². The molecule has 0 amide bonds. The number of fused-ring (bicyclic) bond motifs is 1. The largest absolute Gasteiger partial charge is 0.310 e. The van der Waals surface area contributed by atoms with Crippen molar-refractivity contribution in [2.75, 3.05) is 6.26 Å². The molecule has 0 unspecified atom stereocenters. The van der Waals surface area contributed by atoms with Crippen LogP contribution in [0.3, 0.4) is 0 Å². The molecule has 0 fully saturated rings. The molecule has 0 spiro atoms. The minimum atomic E-state index is -3.26. The highest BCUT2D eigenvalue weighted by Gasteiger charge is 2.10. The Balaban J connectivity index is 2.07. The molecule has 5 nitrogen and oxygen atoms in total. The molecular formula is C18H16BNO4S. The van der Waals surface area contributed by atoms with E-state index in [0.29, 0.717) is 16.3 Å². The van der Waals surface area contributed by atoms with Crippen molar-refractivity contribution in [1.82, 2.24) is 4.57 Å². The average Bonchev–Trinajstić information content (AvgIpc) is 2.57. The Kier molecular flexibility index (Phi) is 4.35. The lowest BCUT2D eigenvalue weighted by molar-refractivity contribution is 0.112. The van der Waals surface area contributed by atoms with Crippen molar-refractivity contribution in [3.63, 3.8) is 0 Å². The molecule has 1 aromatic heterocycles. The fourth-order valence-electron chi connectivity index (χ4n) is 2.78. The summed E-state index contributed by atoms with van der Waals surface area (Å²) in [5.41, 5.74) is 2.01. The maximum Gasteiger partial charge on any atom is 0.258 e.